The Morgan fingerprint density at radius 2 is 1.52 bits per heavy atom. The number of imidazole rings is 2. The molecule has 0 radical (unpaired) electrons. The number of rotatable bonds is 12. The molecule has 4 aromatic rings. The summed E-state index contributed by atoms with van der Waals surface area (Å²) in [7, 11) is 0. The van der Waals surface area contributed by atoms with Crippen LogP contribution in [0, 0.1) is 6.92 Å². The topological polar surface area (TPSA) is 91.1 Å². The lowest BCUT2D eigenvalue weighted by molar-refractivity contribution is 0.306. The zero-order valence-electron chi connectivity index (χ0n) is 18.0. The number of nitrogens with zero attached hydrogens (tertiary/aromatic N) is 4. The number of nitrogens with one attached hydrogen (secondary N) is 1. The van der Waals surface area contributed by atoms with Gasteiger partial charge in [0.15, 0.2) is 0 Å². The lowest BCUT2D eigenvalue weighted by Crippen LogP contribution is -2.19. The molecule has 0 aliphatic rings. The Balaban J connectivity index is 1.12. The molecular formula is C23H30N6O2. The zero-order valence-corrected chi connectivity index (χ0v) is 18.0. The highest BCUT2D eigenvalue weighted by molar-refractivity contribution is 5.43. The number of ether oxygens (including phenoxy) is 2. The molecule has 8 nitrogen and oxygen atoms in total. The van der Waals surface area contributed by atoms with E-state index in [0.29, 0.717) is 19.8 Å². The Morgan fingerprint density at radius 3 is 2.29 bits per heavy atom. The third-order valence-corrected chi connectivity index (χ3v) is 4.96. The first-order chi connectivity index (χ1) is 15.2. The molecule has 0 atom stereocenters. The minimum Gasteiger partial charge on any atom is -0.492 e. The number of pyridine rings is 2. The van der Waals surface area contributed by atoms with Gasteiger partial charge in [-0.3, -0.25) is 0 Å². The summed E-state index contributed by atoms with van der Waals surface area (Å²) in [6.45, 7) is 5.59. The first-order valence-corrected chi connectivity index (χ1v) is 10.8. The molecule has 4 aromatic heterocycles. The minimum absolute atomic E-state index is 0.507. The maximum Gasteiger partial charge on any atom is 0.137 e. The molecule has 0 bridgehead atoms. The SMILES string of the molecule is Cc1cn2cc(OCCCNCCCc3cn4cc(OCCN)ccc4n3)ccc2n1. The molecular weight excluding hydrogens is 392 g/mol. The average molecular weight is 423 g/mol. The smallest absolute Gasteiger partial charge is 0.137 e. The highest BCUT2D eigenvalue weighted by Gasteiger charge is 2.04. The van der Waals surface area contributed by atoms with Gasteiger partial charge in [0.05, 0.1) is 30.4 Å². The van der Waals surface area contributed by atoms with Crippen LogP contribution in [0.4, 0.5) is 0 Å². The molecule has 0 aliphatic heterocycles. The van der Waals surface area contributed by atoms with Crippen molar-refractivity contribution in [3.63, 3.8) is 0 Å². The van der Waals surface area contributed by atoms with Crippen molar-refractivity contribution in [2.45, 2.75) is 26.2 Å². The predicted octanol–water partition coefficient (Wildman–Crippen LogP) is 2.62. The lowest BCUT2D eigenvalue weighted by Gasteiger charge is -2.07. The van der Waals surface area contributed by atoms with Gasteiger partial charge in [0.1, 0.15) is 29.4 Å². The van der Waals surface area contributed by atoms with Crippen LogP contribution in [0.15, 0.2) is 49.1 Å². The normalized spacial score (nSPS) is 11.4. The van der Waals surface area contributed by atoms with Crippen molar-refractivity contribution in [1.82, 2.24) is 24.1 Å². The number of aryl methyl sites for hydroxylation is 2. The predicted molar refractivity (Wildman–Crippen MR) is 121 cm³/mol. The summed E-state index contributed by atoms with van der Waals surface area (Å²) in [5.41, 5.74) is 9.46. The standard InChI is InChI=1S/C23H30N6O2/c1-18-14-28-16-20(5-7-22(28)26-18)30-12-3-11-25-10-2-4-19-15-29-17-21(31-13-9-24)6-8-23(29)27-19/h5-8,14-17,25H,2-4,9-13,24H2,1H3. The molecule has 4 rings (SSSR count). The molecule has 0 aromatic carbocycles. The summed E-state index contributed by atoms with van der Waals surface area (Å²) in [6.07, 6.45) is 10.9. The van der Waals surface area contributed by atoms with E-state index in [9.17, 15) is 0 Å². The highest BCUT2D eigenvalue weighted by atomic mass is 16.5. The fraction of sp³-hybridized carbons (Fsp3) is 0.391. The Morgan fingerprint density at radius 1 is 0.839 bits per heavy atom. The maximum absolute atomic E-state index is 5.85. The number of aromatic nitrogens is 4. The van der Waals surface area contributed by atoms with Crippen LogP contribution in [-0.4, -0.2) is 51.6 Å². The van der Waals surface area contributed by atoms with Crippen LogP contribution in [0.1, 0.15) is 24.2 Å². The molecule has 0 saturated heterocycles. The van der Waals surface area contributed by atoms with Crippen molar-refractivity contribution >= 4 is 11.3 Å². The number of fused-ring (bicyclic) bond motifs is 2. The first-order valence-electron chi connectivity index (χ1n) is 10.8. The number of hydrogen-bond acceptors (Lipinski definition) is 6. The minimum atomic E-state index is 0.507. The monoisotopic (exact) mass is 422 g/mol. The molecule has 8 heteroatoms. The Bertz CT molecular complexity index is 1120. The van der Waals surface area contributed by atoms with E-state index in [1.165, 1.54) is 0 Å². The van der Waals surface area contributed by atoms with E-state index in [1.807, 2.05) is 58.6 Å². The van der Waals surface area contributed by atoms with E-state index in [1.54, 1.807) is 0 Å². The van der Waals surface area contributed by atoms with Crippen LogP contribution in [0.3, 0.4) is 0 Å². The van der Waals surface area contributed by atoms with Crippen LogP contribution in [0.5, 0.6) is 11.5 Å². The molecule has 4 heterocycles. The zero-order chi connectivity index (χ0) is 21.5. The average Bonchev–Trinajstić information content (AvgIpc) is 3.35. The van der Waals surface area contributed by atoms with Crippen molar-refractivity contribution in [2.75, 3.05) is 32.8 Å². The molecule has 0 saturated carbocycles. The van der Waals surface area contributed by atoms with Gasteiger partial charge in [-0.2, -0.15) is 0 Å². The molecule has 0 spiro atoms. The van der Waals surface area contributed by atoms with Gasteiger partial charge in [-0.25, -0.2) is 9.97 Å². The summed E-state index contributed by atoms with van der Waals surface area (Å²) < 4.78 is 15.4. The van der Waals surface area contributed by atoms with Crippen molar-refractivity contribution in [3.05, 3.63) is 60.4 Å². The van der Waals surface area contributed by atoms with E-state index in [-0.39, 0.29) is 0 Å². The van der Waals surface area contributed by atoms with Gasteiger partial charge in [-0.15, -0.1) is 0 Å². The van der Waals surface area contributed by atoms with Crippen molar-refractivity contribution in [3.8, 4) is 11.5 Å². The second-order valence-electron chi connectivity index (χ2n) is 7.57. The largest absolute Gasteiger partial charge is 0.492 e. The summed E-state index contributed by atoms with van der Waals surface area (Å²) in [4.78, 5) is 9.09. The van der Waals surface area contributed by atoms with Gasteiger partial charge in [-0.1, -0.05) is 0 Å². The fourth-order valence-electron chi connectivity index (χ4n) is 3.50. The van der Waals surface area contributed by atoms with Gasteiger partial charge in [-0.05, 0) is 63.5 Å². The Hall–Kier alpha value is -3.10. The molecule has 3 N–H and O–H groups in total. The van der Waals surface area contributed by atoms with Gasteiger partial charge < -0.3 is 29.3 Å². The molecule has 0 fully saturated rings. The van der Waals surface area contributed by atoms with E-state index in [2.05, 4.69) is 21.5 Å². The van der Waals surface area contributed by atoms with Crippen molar-refractivity contribution < 1.29 is 9.47 Å². The summed E-state index contributed by atoms with van der Waals surface area (Å²) in [5.74, 6) is 1.68. The van der Waals surface area contributed by atoms with Gasteiger partial charge in [0.25, 0.3) is 0 Å². The summed E-state index contributed by atoms with van der Waals surface area (Å²) >= 11 is 0. The van der Waals surface area contributed by atoms with Crippen molar-refractivity contribution in [2.24, 2.45) is 5.73 Å². The van der Waals surface area contributed by atoms with Crippen LogP contribution in [0.2, 0.25) is 0 Å². The summed E-state index contributed by atoms with van der Waals surface area (Å²) in [6, 6.07) is 7.85. The van der Waals surface area contributed by atoms with E-state index in [0.717, 1.165) is 66.5 Å². The fourth-order valence-corrected chi connectivity index (χ4v) is 3.50. The molecule has 0 amide bonds. The lowest BCUT2D eigenvalue weighted by atomic mass is 10.2. The van der Waals surface area contributed by atoms with Gasteiger partial charge in [0, 0.05) is 18.9 Å². The Kier molecular flexibility index (Phi) is 7.01. The van der Waals surface area contributed by atoms with E-state index in [4.69, 9.17) is 15.2 Å². The number of nitrogens with two attached hydrogens (primary N) is 1. The third kappa shape index (κ3) is 5.74. The third-order valence-electron chi connectivity index (χ3n) is 4.96. The van der Waals surface area contributed by atoms with Gasteiger partial charge >= 0.3 is 0 Å². The molecule has 31 heavy (non-hydrogen) atoms. The Labute approximate surface area is 182 Å². The van der Waals surface area contributed by atoms with Crippen LogP contribution >= 0.6 is 0 Å². The second kappa shape index (κ2) is 10.3. The van der Waals surface area contributed by atoms with Crippen molar-refractivity contribution in [1.29, 1.82) is 0 Å². The van der Waals surface area contributed by atoms with Crippen LogP contribution in [-0.2, 0) is 6.42 Å². The van der Waals surface area contributed by atoms with E-state index < -0.39 is 0 Å². The molecule has 0 aliphatic carbocycles. The quantitative estimate of drug-likeness (QED) is 0.341. The summed E-state index contributed by atoms with van der Waals surface area (Å²) in [5, 5.41) is 3.48. The van der Waals surface area contributed by atoms with E-state index >= 15 is 0 Å². The highest BCUT2D eigenvalue weighted by Crippen LogP contribution is 2.15. The molecule has 164 valence electrons. The van der Waals surface area contributed by atoms with Gasteiger partial charge in [0.2, 0.25) is 0 Å². The second-order valence-corrected chi connectivity index (χ2v) is 7.57. The molecule has 0 unspecified atom stereocenters. The maximum atomic E-state index is 5.85. The first kappa shape index (κ1) is 21.1. The number of hydrogen-bond donors (Lipinski definition) is 2. The van der Waals surface area contributed by atoms with Crippen LogP contribution < -0.4 is 20.5 Å². The van der Waals surface area contributed by atoms with Crippen LogP contribution in [0.25, 0.3) is 11.3 Å².